The van der Waals surface area contributed by atoms with Crippen molar-refractivity contribution in [3.63, 3.8) is 0 Å². The summed E-state index contributed by atoms with van der Waals surface area (Å²) in [7, 11) is 1.13. The van der Waals surface area contributed by atoms with Crippen LogP contribution in [0.3, 0.4) is 0 Å². The van der Waals surface area contributed by atoms with Crippen LogP contribution in [0, 0.1) is 0 Å². The summed E-state index contributed by atoms with van der Waals surface area (Å²) in [5.41, 5.74) is -1.10. The average molecular weight is 310 g/mol. The van der Waals surface area contributed by atoms with E-state index in [2.05, 4.69) is 25.7 Å². The van der Waals surface area contributed by atoms with Crippen LogP contribution in [-0.2, 0) is 21.3 Å². The summed E-state index contributed by atoms with van der Waals surface area (Å²) in [6, 6.07) is 0. The molecule has 0 saturated carbocycles. The lowest BCUT2D eigenvalue weighted by molar-refractivity contribution is -0.139. The van der Waals surface area contributed by atoms with E-state index >= 15 is 0 Å². The Morgan fingerprint density at radius 3 is 2.71 bits per heavy atom. The van der Waals surface area contributed by atoms with Crippen LogP contribution in [-0.4, -0.2) is 18.1 Å². The van der Waals surface area contributed by atoms with Gasteiger partial charge in [0.2, 0.25) is 0 Å². The molecule has 0 aliphatic heterocycles. The molecule has 0 unspecified atom stereocenters. The maximum absolute atomic E-state index is 12.9. The first-order valence-corrected chi connectivity index (χ1v) is 5.77. The molecule has 0 amide bonds. The molecule has 0 spiro atoms. The van der Waals surface area contributed by atoms with Gasteiger partial charge in [-0.3, -0.25) is 9.59 Å². The molecule has 1 rings (SSSR count). The number of alkyl halides is 3. The normalized spacial score (nSPS) is 10.6. The highest BCUT2D eigenvalue weighted by Crippen LogP contribution is 2.26. The minimum Gasteiger partial charge on any atom is -0.469 e. The second-order valence-electron chi connectivity index (χ2n) is 3.22. The van der Waals surface area contributed by atoms with Crippen molar-refractivity contribution in [2.75, 3.05) is 7.11 Å². The topological polar surface area (TPSA) is 59.2 Å². The number of esters is 1. The predicted octanol–water partition coefficient (Wildman–Crippen LogP) is 1.92. The van der Waals surface area contributed by atoms with Gasteiger partial charge in [0.15, 0.2) is 0 Å². The highest BCUT2D eigenvalue weighted by Gasteiger charge is 2.22. The molecule has 0 saturated heterocycles. The van der Waals surface area contributed by atoms with Gasteiger partial charge in [-0.1, -0.05) is 15.9 Å². The zero-order valence-electron chi connectivity index (χ0n) is 8.93. The van der Waals surface area contributed by atoms with Crippen LogP contribution in [0.2, 0.25) is 0 Å². The smallest absolute Gasteiger partial charge is 0.310 e. The van der Waals surface area contributed by atoms with Crippen molar-refractivity contribution in [2.45, 2.75) is 18.2 Å². The Labute approximate surface area is 104 Å². The van der Waals surface area contributed by atoms with Crippen molar-refractivity contribution >= 4 is 21.9 Å². The van der Waals surface area contributed by atoms with Crippen LogP contribution in [0.1, 0.15) is 23.1 Å². The fraction of sp³-hybridized carbons (Fsp3) is 0.400. The highest BCUT2D eigenvalue weighted by molar-refractivity contribution is 9.08. The van der Waals surface area contributed by atoms with Gasteiger partial charge in [0.25, 0.3) is 12.0 Å². The largest absolute Gasteiger partial charge is 0.469 e. The van der Waals surface area contributed by atoms with Gasteiger partial charge < -0.3 is 9.72 Å². The van der Waals surface area contributed by atoms with E-state index in [1.807, 2.05) is 0 Å². The monoisotopic (exact) mass is 309 g/mol. The molecule has 7 heteroatoms. The third kappa shape index (κ3) is 3.12. The average Bonchev–Trinajstić information content (AvgIpc) is 2.30. The summed E-state index contributed by atoms with van der Waals surface area (Å²) < 4.78 is 30.1. The Kier molecular flexibility index (Phi) is 4.80. The van der Waals surface area contributed by atoms with Crippen molar-refractivity contribution in [1.82, 2.24) is 4.98 Å². The van der Waals surface area contributed by atoms with E-state index in [1.54, 1.807) is 0 Å². The summed E-state index contributed by atoms with van der Waals surface area (Å²) in [5, 5.41) is 0.164. The highest BCUT2D eigenvalue weighted by atomic mass is 79.9. The lowest BCUT2D eigenvalue weighted by Gasteiger charge is -2.10. The maximum atomic E-state index is 12.9. The molecule has 1 N–H and O–H groups in total. The van der Waals surface area contributed by atoms with Crippen molar-refractivity contribution in [3.05, 3.63) is 33.2 Å². The van der Waals surface area contributed by atoms with Crippen molar-refractivity contribution in [1.29, 1.82) is 0 Å². The zero-order valence-corrected chi connectivity index (χ0v) is 10.5. The summed E-state index contributed by atoms with van der Waals surface area (Å²) in [4.78, 5) is 24.8. The first kappa shape index (κ1) is 13.8. The number of methoxy groups -OCH3 is 1. The van der Waals surface area contributed by atoms with Gasteiger partial charge in [0.05, 0.1) is 13.5 Å². The lowest BCUT2D eigenvalue weighted by atomic mass is 10.0. The number of aromatic nitrogens is 1. The predicted molar refractivity (Wildman–Crippen MR) is 60.4 cm³/mol. The van der Waals surface area contributed by atoms with Gasteiger partial charge in [-0.05, 0) is 5.56 Å². The minimum absolute atomic E-state index is 0.164. The fourth-order valence-corrected chi connectivity index (χ4v) is 1.87. The Bertz CT molecular complexity index is 473. The number of pyridine rings is 1. The van der Waals surface area contributed by atoms with Gasteiger partial charge in [-0.25, -0.2) is 8.78 Å². The third-order valence-corrected chi connectivity index (χ3v) is 2.84. The number of carbonyl (C=O) groups excluding carboxylic acids is 1. The third-order valence-electron chi connectivity index (χ3n) is 2.23. The van der Waals surface area contributed by atoms with Crippen LogP contribution < -0.4 is 5.56 Å². The second kappa shape index (κ2) is 5.90. The standard InChI is InChI=1S/C10H10BrF2NO3/c1-17-7(15)2-6-8(9(12)13)5(3-11)4-14-10(6)16/h4,9H,2-3H2,1H3,(H,14,16). The molecule has 17 heavy (non-hydrogen) atoms. The molecule has 1 aromatic rings. The number of carbonyl (C=O) groups is 1. The summed E-state index contributed by atoms with van der Waals surface area (Å²) >= 11 is 3.05. The van der Waals surface area contributed by atoms with Crippen LogP contribution in [0.5, 0.6) is 0 Å². The number of nitrogens with one attached hydrogen (secondary N) is 1. The zero-order chi connectivity index (χ0) is 13.0. The van der Waals surface area contributed by atoms with E-state index in [9.17, 15) is 18.4 Å². The molecule has 94 valence electrons. The molecular formula is C10H10BrF2NO3. The van der Waals surface area contributed by atoms with Gasteiger partial charge in [0.1, 0.15) is 0 Å². The molecule has 4 nitrogen and oxygen atoms in total. The van der Waals surface area contributed by atoms with E-state index < -0.39 is 29.9 Å². The number of halogens is 3. The molecule has 0 bridgehead atoms. The van der Waals surface area contributed by atoms with Crippen LogP contribution in [0.25, 0.3) is 0 Å². The van der Waals surface area contributed by atoms with Crippen LogP contribution >= 0.6 is 15.9 Å². The van der Waals surface area contributed by atoms with Crippen molar-refractivity contribution < 1.29 is 18.3 Å². The molecule has 0 aliphatic rings. The van der Waals surface area contributed by atoms with E-state index in [0.29, 0.717) is 0 Å². The van der Waals surface area contributed by atoms with Crippen molar-refractivity contribution in [2.24, 2.45) is 0 Å². The number of rotatable bonds is 4. The number of hydrogen-bond acceptors (Lipinski definition) is 3. The number of aromatic amines is 1. The summed E-state index contributed by atoms with van der Waals surface area (Å²) in [6.07, 6.45) is -2.07. The molecule has 0 atom stereocenters. The molecule has 0 fully saturated rings. The maximum Gasteiger partial charge on any atom is 0.310 e. The second-order valence-corrected chi connectivity index (χ2v) is 3.78. The van der Waals surface area contributed by atoms with E-state index in [1.165, 1.54) is 6.20 Å². The molecule has 0 aromatic carbocycles. The summed E-state index contributed by atoms with van der Waals surface area (Å²) in [6.45, 7) is 0. The first-order chi connectivity index (χ1) is 8.01. The molecule has 0 radical (unpaired) electrons. The molecule has 1 heterocycles. The van der Waals surface area contributed by atoms with Crippen LogP contribution in [0.4, 0.5) is 8.78 Å². The number of ether oxygens (including phenoxy) is 1. The molecular weight excluding hydrogens is 300 g/mol. The minimum atomic E-state index is -2.82. The van der Waals surface area contributed by atoms with E-state index in [-0.39, 0.29) is 16.5 Å². The number of H-pyrrole nitrogens is 1. The molecule has 1 aromatic heterocycles. The van der Waals surface area contributed by atoms with Gasteiger partial charge >= 0.3 is 5.97 Å². The van der Waals surface area contributed by atoms with Gasteiger partial charge in [-0.15, -0.1) is 0 Å². The Morgan fingerprint density at radius 1 is 1.59 bits per heavy atom. The lowest BCUT2D eigenvalue weighted by Crippen LogP contribution is -2.21. The van der Waals surface area contributed by atoms with Gasteiger partial charge in [0, 0.05) is 22.7 Å². The van der Waals surface area contributed by atoms with Gasteiger partial charge in [-0.2, -0.15) is 0 Å². The Hall–Kier alpha value is -1.24. The Balaban J connectivity index is 3.34. The van der Waals surface area contributed by atoms with Crippen molar-refractivity contribution in [3.8, 4) is 0 Å². The quantitative estimate of drug-likeness (QED) is 0.683. The van der Waals surface area contributed by atoms with E-state index in [4.69, 9.17) is 0 Å². The summed E-state index contributed by atoms with van der Waals surface area (Å²) in [5.74, 6) is -0.732. The van der Waals surface area contributed by atoms with Crippen LogP contribution in [0.15, 0.2) is 11.0 Å². The number of hydrogen-bond donors (Lipinski definition) is 1. The Morgan fingerprint density at radius 2 is 2.24 bits per heavy atom. The first-order valence-electron chi connectivity index (χ1n) is 4.65. The van der Waals surface area contributed by atoms with E-state index in [0.717, 1.165) is 7.11 Å². The SMILES string of the molecule is COC(=O)Cc1c(C(F)F)c(CBr)c[nH]c1=O. The fourth-order valence-electron chi connectivity index (χ4n) is 1.41. The molecule has 0 aliphatic carbocycles.